The Morgan fingerprint density at radius 1 is 1.11 bits per heavy atom. The van der Waals surface area contributed by atoms with Crippen LogP contribution in [0.1, 0.15) is 41.5 Å². The van der Waals surface area contributed by atoms with E-state index in [1.165, 1.54) is 21.8 Å². The summed E-state index contributed by atoms with van der Waals surface area (Å²) >= 11 is 1.40. The monoisotopic (exact) mass is 478 g/mol. The normalized spacial score (nSPS) is 11.8. The Morgan fingerprint density at radius 2 is 1.91 bits per heavy atom. The molecule has 0 saturated carbocycles. The van der Waals surface area contributed by atoms with E-state index in [2.05, 4.69) is 29.9 Å². The number of ether oxygens (including phenoxy) is 1. The summed E-state index contributed by atoms with van der Waals surface area (Å²) in [6.07, 6.45) is 3.19. The number of allylic oxidation sites excluding steroid dienone is 1. The van der Waals surface area contributed by atoms with E-state index in [1.807, 2.05) is 55.5 Å². The van der Waals surface area contributed by atoms with Crippen molar-refractivity contribution in [2.75, 3.05) is 0 Å². The molecular weight excluding hydrogens is 456 g/mol. The lowest BCUT2D eigenvalue weighted by Gasteiger charge is -2.16. The van der Waals surface area contributed by atoms with Crippen LogP contribution in [0.25, 0.3) is 27.5 Å². The van der Waals surface area contributed by atoms with Crippen molar-refractivity contribution in [3.8, 4) is 17.7 Å². The number of nitrogens with zero attached hydrogens (tertiary/aromatic N) is 4. The van der Waals surface area contributed by atoms with E-state index in [9.17, 15) is 10.1 Å². The topological polar surface area (TPSA) is 80.3 Å². The first-order chi connectivity index (χ1) is 16.9. The van der Waals surface area contributed by atoms with Gasteiger partial charge in [-0.15, -0.1) is 11.3 Å². The van der Waals surface area contributed by atoms with Crippen molar-refractivity contribution in [3.63, 3.8) is 0 Å². The van der Waals surface area contributed by atoms with Crippen LogP contribution in [0, 0.1) is 18.3 Å². The minimum Gasteiger partial charge on any atom is -0.438 e. The molecule has 0 aliphatic heterocycles. The first-order valence-electron chi connectivity index (χ1n) is 11.2. The molecule has 0 aliphatic carbocycles. The molecule has 3 heterocycles. The second kappa shape index (κ2) is 9.16. The molecule has 0 bridgehead atoms. The maximum absolute atomic E-state index is 13.6. The summed E-state index contributed by atoms with van der Waals surface area (Å²) in [6.45, 7) is 6.16. The van der Waals surface area contributed by atoms with Crippen molar-refractivity contribution in [1.82, 2.24) is 14.4 Å². The summed E-state index contributed by atoms with van der Waals surface area (Å²) in [5.74, 6) is 1.01. The van der Waals surface area contributed by atoms with Crippen LogP contribution in [0.3, 0.4) is 0 Å². The zero-order valence-corrected chi connectivity index (χ0v) is 20.3. The third-order valence-corrected chi connectivity index (χ3v) is 6.73. The Balaban J connectivity index is 1.72. The number of pyridine rings is 1. The molecule has 2 aromatic carbocycles. The molecule has 5 rings (SSSR count). The number of aromatic nitrogens is 3. The van der Waals surface area contributed by atoms with Gasteiger partial charge in [0.1, 0.15) is 28.0 Å². The molecule has 172 valence electrons. The molecule has 5 aromatic rings. The molecule has 0 fully saturated rings. The predicted molar refractivity (Wildman–Crippen MR) is 140 cm³/mol. The first kappa shape index (κ1) is 22.5. The molecular formula is C28H22N4O2S. The Bertz CT molecular complexity index is 1670. The van der Waals surface area contributed by atoms with Crippen LogP contribution in [0.4, 0.5) is 0 Å². The van der Waals surface area contributed by atoms with Crippen LogP contribution in [0.2, 0.25) is 0 Å². The minimum atomic E-state index is -0.321. The second-order valence-electron chi connectivity index (χ2n) is 8.52. The fourth-order valence-electron chi connectivity index (χ4n) is 3.87. The van der Waals surface area contributed by atoms with E-state index in [1.54, 1.807) is 18.3 Å². The molecule has 3 aromatic heterocycles. The highest BCUT2D eigenvalue weighted by molar-refractivity contribution is 7.19. The number of rotatable bonds is 5. The summed E-state index contributed by atoms with van der Waals surface area (Å²) in [6, 6.07) is 21.2. The number of nitriles is 1. The van der Waals surface area contributed by atoms with Gasteiger partial charge >= 0.3 is 0 Å². The third kappa shape index (κ3) is 4.32. The zero-order valence-electron chi connectivity index (χ0n) is 19.5. The SMILES string of the molecule is Cc1ccc(C(C)C)c(Oc2nc3ccccn3c(=O)c2/C=C(\C#N)c2nc3ccccc3s2)c1. The number of fused-ring (bicyclic) bond motifs is 2. The maximum atomic E-state index is 13.6. The summed E-state index contributed by atoms with van der Waals surface area (Å²) in [5, 5.41) is 10.5. The molecule has 0 radical (unpaired) electrons. The average molecular weight is 479 g/mol. The lowest BCUT2D eigenvalue weighted by molar-refractivity contribution is 0.452. The lowest BCUT2D eigenvalue weighted by Crippen LogP contribution is -2.19. The summed E-state index contributed by atoms with van der Waals surface area (Å²) in [7, 11) is 0. The van der Waals surface area contributed by atoms with E-state index in [-0.39, 0.29) is 28.5 Å². The number of hydrogen-bond acceptors (Lipinski definition) is 6. The number of benzene rings is 2. The Kier molecular flexibility index (Phi) is 5.89. The van der Waals surface area contributed by atoms with E-state index in [0.717, 1.165) is 21.3 Å². The van der Waals surface area contributed by atoms with Gasteiger partial charge in [-0.3, -0.25) is 9.20 Å². The van der Waals surface area contributed by atoms with Crippen LogP contribution < -0.4 is 10.3 Å². The molecule has 0 spiro atoms. The standard InChI is InChI=1S/C28H22N4O2S/c1-17(2)20-12-11-18(3)14-23(20)34-26-21(28(33)32-13-7-6-10-25(32)31-26)15-19(16-29)27-30-22-8-4-5-9-24(22)35-27/h4-15,17H,1-3H3/b19-15+. The largest absolute Gasteiger partial charge is 0.438 e. The number of aryl methyl sites for hydroxylation is 1. The van der Waals surface area contributed by atoms with Crippen molar-refractivity contribution >= 4 is 38.8 Å². The fourth-order valence-corrected chi connectivity index (χ4v) is 4.80. The molecule has 0 amide bonds. The highest BCUT2D eigenvalue weighted by Gasteiger charge is 2.18. The van der Waals surface area contributed by atoms with Crippen LogP contribution in [0.5, 0.6) is 11.6 Å². The maximum Gasteiger partial charge on any atom is 0.269 e. The highest BCUT2D eigenvalue weighted by Crippen LogP contribution is 2.33. The number of thiazole rings is 1. The van der Waals surface area contributed by atoms with Crippen molar-refractivity contribution in [3.05, 3.63) is 98.9 Å². The fraction of sp³-hybridized carbons (Fsp3) is 0.143. The molecule has 0 N–H and O–H groups in total. The highest BCUT2D eigenvalue weighted by atomic mass is 32.1. The molecule has 35 heavy (non-hydrogen) atoms. The zero-order chi connectivity index (χ0) is 24.5. The van der Waals surface area contributed by atoms with Gasteiger partial charge in [0.2, 0.25) is 5.88 Å². The quantitative estimate of drug-likeness (QED) is 0.266. The lowest BCUT2D eigenvalue weighted by atomic mass is 10.0. The van der Waals surface area contributed by atoms with Gasteiger partial charge in [-0.1, -0.05) is 44.2 Å². The van der Waals surface area contributed by atoms with Crippen LogP contribution in [-0.4, -0.2) is 14.4 Å². The molecule has 0 atom stereocenters. The second-order valence-corrected chi connectivity index (χ2v) is 9.55. The smallest absolute Gasteiger partial charge is 0.269 e. The summed E-state index contributed by atoms with van der Waals surface area (Å²) in [4.78, 5) is 22.8. The van der Waals surface area contributed by atoms with E-state index in [0.29, 0.717) is 16.4 Å². The van der Waals surface area contributed by atoms with Crippen molar-refractivity contribution in [2.24, 2.45) is 0 Å². The van der Waals surface area contributed by atoms with Crippen molar-refractivity contribution in [2.45, 2.75) is 26.7 Å². The van der Waals surface area contributed by atoms with Crippen molar-refractivity contribution in [1.29, 1.82) is 5.26 Å². The van der Waals surface area contributed by atoms with Crippen LogP contribution in [-0.2, 0) is 0 Å². The minimum absolute atomic E-state index is 0.155. The van der Waals surface area contributed by atoms with Gasteiger partial charge in [-0.2, -0.15) is 10.2 Å². The van der Waals surface area contributed by atoms with Gasteiger partial charge in [0.25, 0.3) is 5.56 Å². The van der Waals surface area contributed by atoms with Gasteiger partial charge in [0.05, 0.1) is 15.8 Å². The molecule has 0 aliphatic rings. The van der Waals surface area contributed by atoms with Gasteiger partial charge in [-0.05, 0) is 60.4 Å². The van der Waals surface area contributed by atoms with Gasteiger partial charge in [0.15, 0.2) is 0 Å². The molecule has 0 unspecified atom stereocenters. The molecule has 7 heteroatoms. The Hall–Kier alpha value is -4.28. The van der Waals surface area contributed by atoms with Gasteiger partial charge in [-0.25, -0.2) is 4.98 Å². The Labute approximate surface area is 206 Å². The summed E-state index contributed by atoms with van der Waals surface area (Å²) in [5.41, 5.74) is 3.46. The van der Waals surface area contributed by atoms with Crippen LogP contribution in [0.15, 0.2) is 71.7 Å². The van der Waals surface area contributed by atoms with E-state index >= 15 is 0 Å². The number of para-hydroxylation sites is 1. The van der Waals surface area contributed by atoms with Gasteiger partial charge in [0, 0.05) is 6.20 Å². The summed E-state index contributed by atoms with van der Waals surface area (Å²) < 4.78 is 8.73. The third-order valence-electron chi connectivity index (χ3n) is 5.67. The number of hydrogen-bond donors (Lipinski definition) is 0. The first-order valence-corrected chi connectivity index (χ1v) is 12.0. The van der Waals surface area contributed by atoms with Crippen molar-refractivity contribution < 1.29 is 4.74 Å². The van der Waals surface area contributed by atoms with E-state index in [4.69, 9.17) is 4.74 Å². The Morgan fingerprint density at radius 3 is 2.69 bits per heavy atom. The van der Waals surface area contributed by atoms with E-state index < -0.39 is 0 Å². The molecule has 6 nitrogen and oxygen atoms in total. The predicted octanol–water partition coefficient (Wildman–Crippen LogP) is 6.59. The molecule has 0 saturated heterocycles. The average Bonchev–Trinajstić information content (AvgIpc) is 3.28. The van der Waals surface area contributed by atoms with Crippen LogP contribution >= 0.6 is 11.3 Å². The van der Waals surface area contributed by atoms with Gasteiger partial charge < -0.3 is 4.74 Å².